The third-order valence-corrected chi connectivity index (χ3v) is 3.11. The molecular formula is C15H24F2N2. The van der Waals surface area contributed by atoms with E-state index in [2.05, 4.69) is 6.92 Å². The highest BCUT2D eigenvalue weighted by atomic mass is 19.1. The van der Waals surface area contributed by atoms with E-state index in [-0.39, 0.29) is 11.7 Å². The highest BCUT2D eigenvalue weighted by Gasteiger charge is 2.17. The van der Waals surface area contributed by atoms with Gasteiger partial charge in [0.2, 0.25) is 0 Å². The second-order valence-electron chi connectivity index (χ2n) is 5.02. The lowest BCUT2D eigenvalue weighted by atomic mass is 10.1. The Balaban J connectivity index is 3.00. The number of anilines is 1. The fraction of sp³-hybridized carbons (Fsp3) is 0.600. The second-order valence-corrected chi connectivity index (χ2v) is 5.02. The summed E-state index contributed by atoms with van der Waals surface area (Å²) in [5.41, 5.74) is 6.36. The Morgan fingerprint density at radius 1 is 1.21 bits per heavy atom. The van der Waals surface area contributed by atoms with Gasteiger partial charge < -0.3 is 10.6 Å². The highest BCUT2D eigenvalue weighted by Crippen LogP contribution is 2.25. The second kappa shape index (κ2) is 7.43. The Kier molecular flexibility index (Phi) is 6.22. The van der Waals surface area contributed by atoms with Crippen LogP contribution in [-0.4, -0.2) is 19.1 Å². The minimum atomic E-state index is -0.492. The lowest BCUT2D eigenvalue weighted by molar-refractivity contribution is 0.563. The van der Waals surface area contributed by atoms with Gasteiger partial charge in [-0.05, 0) is 44.4 Å². The minimum absolute atomic E-state index is 0.0874. The maximum absolute atomic E-state index is 14.1. The van der Waals surface area contributed by atoms with Crippen molar-refractivity contribution in [2.45, 2.75) is 46.1 Å². The predicted molar refractivity (Wildman–Crippen MR) is 76.5 cm³/mol. The smallest absolute Gasteiger partial charge is 0.149 e. The summed E-state index contributed by atoms with van der Waals surface area (Å²) in [6.45, 7) is 7.06. The molecule has 0 amide bonds. The fourth-order valence-electron chi connectivity index (χ4n) is 2.19. The van der Waals surface area contributed by atoms with Gasteiger partial charge in [0, 0.05) is 19.1 Å². The van der Waals surface area contributed by atoms with Crippen LogP contribution in [0.3, 0.4) is 0 Å². The van der Waals surface area contributed by atoms with Crippen LogP contribution in [0.2, 0.25) is 0 Å². The van der Waals surface area contributed by atoms with Crippen LogP contribution in [0.25, 0.3) is 0 Å². The summed E-state index contributed by atoms with van der Waals surface area (Å²) in [7, 11) is 0. The minimum Gasteiger partial charge on any atom is -0.367 e. The predicted octanol–water partition coefficient (Wildman–Crippen LogP) is 3.48. The van der Waals surface area contributed by atoms with E-state index in [1.54, 1.807) is 4.90 Å². The molecule has 1 unspecified atom stereocenters. The number of hydrogen-bond acceptors (Lipinski definition) is 2. The molecular weight excluding hydrogens is 246 g/mol. The van der Waals surface area contributed by atoms with E-state index < -0.39 is 11.6 Å². The number of halogens is 2. The number of nitrogens with two attached hydrogens (primary N) is 1. The van der Waals surface area contributed by atoms with Crippen LogP contribution in [0.5, 0.6) is 0 Å². The van der Waals surface area contributed by atoms with Crippen molar-refractivity contribution in [2.24, 2.45) is 5.73 Å². The molecule has 2 N–H and O–H groups in total. The van der Waals surface area contributed by atoms with Crippen molar-refractivity contribution in [2.75, 3.05) is 18.0 Å². The molecule has 0 radical (unpaired) electrons. The largest absolute Gasteiger partial charge is 0.367 e. The zero-order chi connectivity index (χ0) is 14.4. The summed E-state index contributed by atoms with van der Waals surface area (Å²) in [6, 6.07) is 2.69. The molecule has 2 nitrogen and oxygen atoms in total. The van der Waals surface area contributed by atoms with Crippen LogP contribution < -0.4 is 10.6 Å². The first-order valence-electron chi connectivity index (χ1n) is 6.98. The third kappa shape index (κ3) is 4.46. The lowest BCUT2D eigenvalue weighted by Gasteiger charge is -2.24. The quantitative estimate of drug-likeness (QED) is 0.822. The third-order valence-electron chi connectivity index (χ3n) is 3.11. The van der Waals surface area contributed by atoms with Crippen molar-refractivity contribution in [3.8, 4) is 0 Å². The summed E-state index contributed by atoms with van der Waals surface area (Å²) < 4.78 is 28.2. The van der Waals surface area contributed by atoms with E-state index in [0.717, 1.165) is 12.8 Å². The number of benzene rings is 1. The Hall–Kier alpha value is -1.16. The maximum atomic E-state index is 14.1. The van der Waals surface area contributed by atoms with Gasteiger partial charge >= 0.3 is 0 Å². The Labute approximate surface area is 114 Å². The molecule has 0 bridgehead atoms. The SMILES string of the molecule is CCCCN(CC)c1c(F)cc(CC(C)N)cc1F. The van der Waals surface area contributed by atoms with Gasteiger partial charge in [-0.25, -0.2) is 8.78 Å². The molecule has 0 heterocycles. The lowest BCUT2D eigenvalue weighted by Crippen LogP contribution is -2.26. The van der Waals surface area contributed by atoms with Crippen LogP contribution in [-0.2, 0) is 6.42 Å². The number of rotatable bonds is 7. The summed E-state index contributed by atoms with van der Waals surface area (Å²) in [4.78, 5) is 1.75. The zero-order valence-corrected chi connectivity index (χ0v) is 12.0. The molecule has 108 valence electrons. The zero-order valence-electron chi connectivity index (χ0n) is 12.0. The summed E-state index contributed by atoms with van der Waals surface area (Å²) in [5.74, 6) is -0.984. The molecule has 0 aliphatic carbocycles. The molecule has 4 heteroatoms. The Bertz CT molecular complexity index is 382. The van der Waals surface area contributed by atoms with Gasteiger partial charge in [0.15, 0.2) is 0 Å². The molecule has 1 rings (SSSR count). The van der Waals surface area contributed by atoms with E-state index in [0.29, 0.717) is 25.1 Å². The molecule has 0 aromatic heterocycles. The van der Waals surface area contributed by atoms with E-state index in [1.165, 1.54) is 12.1 Å². The first-order chi connectivity index (χ1) is 8.99. The van der Waals surface area contributed by atoms with Crippen molar-refractivity contribution < 1.29 is 8.78 Å². The monoisotopic (exact) mass is 270 g/mol. The molecule has 0 fully saturated rings. The van der Waals surface area contributed by atoms with Crippen molar-refractivity contribution >= 4 is 5.69 Å². The van der Waals surface area contributed by atoms with E-state index >= 15 is 0 Å². The van der Waals surface area contributed by atoms with Gasteiger partial charge in [-0.15, -0.1) is 0 Å². The molecule has 0 aliphatic heterocycles. The molecule has 0 aliphatic rings. The van der Waals surface area contributed by atoms with Gasteiger partial charge in [0.05, 0.1) is 0 Å². The van der Waals surface area contributed by atoms with Crippen LogP contribution in [0.15, 0.2) is 12.1 Å². The summed E-state index contributed by atoms with van der Waals surface area (Å²) in [5, 5.41) is 0. The number of unbranched alkanes of at least 4 members (excludes halogenated alkanes) is 1. The van der Waals surface area contributed by atoms with Crippen LogP contribution in [0.4, 0.5) is 14.5 Å². The Morgan fingerprint density at radius 2 is 1.79 bits per heavy atom. The van der Waals surface area contributed by atoms with E-state index in [9.17, 15) is 8.78 Å². The molecule has 0 spiro atoms. The standard InChI is InChI=1S/C15H24F2N2/c1-4-6-7-19(5-2)15-13(16)9-12(8-11(3)18)10-14(15)17/h9-11H,4-8,18H2,1-3H3. The van der Waals surface area contributed by atoms with Crippen molar-refractivity contribution in [1.29, 1.82) is 0 Å². The topological polar surface area (TPSA) is 29.3 Å². The average molecular weight is 270 g/mol. The van der Waals surface area contributed by atoms with Gasteiger partial charge in [0.25, 0.3) is 0 Å². The van der Waals surface area contributed by atoms with Gasteiger partial charge in [0.1, 0.15) is 17.3 Å². The Morgan fingerprint density at radius 3 is 2.21 bits per heavy atom. The average Bonchev–Trinajstić information content (AvgIpc) is 2.31. The van der Waals surface area contributed by atoms with Crippen molar-refractivity contribution in [1.82, 2.24) is 0 Å². The van der Waals surface area contributed by atoms with Crippen molar-refractivity contribution in [3.05, 3.63) is 29.3 Å². The first-order valence-corrected chi connectivity index (χ1v) is 6.98. The molecule has 1 atom stereocenters. The molecule has 1 aromatic rings. The van der Waals surface area contributed by atoms with Gasteiger partial charge in [-0.2, -0.15) is 0 Å². The first kappa shape index (κ1) is 15.9. The maximum Gasteiger partial charge on any atom is 0.149 e. The van der Waals surface area contributed by atoms with E-state index in [1.807, 2.05) is 13.8 Å². The van der Waals surface area contributed by atoms with Crippen molar-refractivity contribution in [3.63, 3.8) is 0 Å². The summed E-state index contributed by atoms with van der Waals surface area (Å²) in [6.07, 6.45) is 2.41. The van der Waals surface area contributed by atoms with Gasteiger partial charge in [-0.1, -0.05) is 13.3 Å². The van der Waals surface area contributed by atoms with E-state index in [4.69, 9.17) is 5.73 Å². The number of hydrogen-bond donors (Lipinski definition) is 1. The summed E-state index contributed by atoms with van der Waals surface area (Å²) >= 11 is 0. The number of nitrogens with zero attached hydrogens (tertiary/aromatic N) is 1. The van der Waals surface area contributed by atoms with Crippen LogP contribution in [0, 0.1) is 11.6 Å². The molecule has 19 heavy (non-hydrogen) atoms. The van der Waals surface area contributed by atoms with Gasteiger partial charge in [-0.3, -0.25) is 0 Å². The molecule has 0 saturated heterocycles. The van der Waals surface area contributed by atoms with Crippen LogP contribution in [0.1, 0.15) is 39.2 Å². The highest BCUT2D eigenvalue weighted by molar-refractivity contribution is 5.50. The fourth-order valence-corrected chi connectivity index (χ4v) is 2.19. The van der Waals surface area contributed by atoms with Crippen LogP contribution >= 0.6 is 0 Å². The normalized spacial score (nSPS) is 12.5. The molecule has 1 aromatic carbocycles. The molecule has 0 saturated carbocycles.